The minimum Gasteiger partial charge on any atom is -0.350 e. The van der Waals surface area contributed by atoms with Crippen LogP contribution in [0.4, 0.5) is 23.4 Å². The van der Waals surface area contributed by atoms with Crippen molar-refractivity contribution in [3.8, 4) is 5.69 Å². The number of nitrogens with one attached hydrogen (secondary N) is 1. The number of fused-ring (bicyclic) bond motifs is 1. The molecule has 2 atom stereocenters. The molecular weight excluding hydrogens is 500 g/mol. The Kier molecular flexibility index (Phi) is 5.01. The fraction of sp³-hybridized carbons (Fsp3) is 0.464. The fourth-order valence-corrected chi connectivity index (χ4v) is 7.59. The summed E-state index contributed by atoms with van der Waals surface area (Å²) in [5.74, 6) is -3.07. The van der Waals surface area contributed by atoms with Crippen LogP contribution in [0.3, 0.4) is 0 Å². The molecule has 1 saturated heterocycles. The lowest BCUT2D eigenvalue weighted by molar-refractivity contribution is 0.0256. The van der Waals surface area contributed by atoms with Crippen molar-refractivity contribution in [2.75, 3.05) is 18.0 Å². The first-order valence-corrected chi connectivity index (χ1v) is 13.1. The van der Waals surface area contributed by atoms with Crippen molar-refractivity contribution in [1.82, 2.24) is 14.9 Å². The van der Waals surface area contributed by atoms with Gasteiger partial charge in [0.25, 0.3) is 11.8 Å². The standard InChI is InChI=1S/C28H26F4N4O2/c29-18-1-3-22(21(30)9-18)36-13-20(26(38)34-27-10-15-7-16(11-27)17(8-15)12-27)24(37)19-2-4-23(33-25(19)36)35-6-5-28(31,32)14-35/h1-4,9,13,15-17H,5-8,10-12,14H2,(H,34,38). The molecule has 198 valence electrons. The molecular formula is C28H26F4N4O2. The summed E-state index contributed by atoms with van der Waals surface area (Å²) in [7, 11) is 0. The lowest BCUT2D eigenvalue weighted by Crippen LogP contribution is -2.51. The van der Waals surface area contributed by atoms with E-state index >= 15 is 0 Å². The Labute approximate surface area is 215 Å². The fourth-order valence-electron chi connectivity index (χ4n) is 7.59. The molecule has 1 aromatic carbocycles. The average molecular weight is 527 g/mol. The molecule has 38 heavy (non-hydrogen) atoms. The Morgan fingerprint density at radius 2 is 1.82 bits per heavy atom. The van der Waals surface area contributed by atoms with Crippen LogP contribution in [0.1, 0.15) is 48.9 Å². The summed E-state index contributed by atoms with van der Waals surface area (Å²) in [5, 5.41) is 3.20. The summed E-state index contributed by atoms with van der Waals surface area (Å²) >= 11 is 0. The molecule has 2 aromatic heterocycles. The van der Waals surface area contributed by atoms with Gasteiger partial charge in [-0.05, 0) is 74.1 Å². The van der Waals surface area contributed by atoms with Crippen molar-refractivity contribution in [1.29, 1.82) is 0 Å². The number of alkyl halides is 2. The Hall–Kier alpha value is -3.43. The molecule has 5 fully saturated rings. The largest absolute Gasteiger partial charge is 0.350 e. The number of rotatable bonds is 4. The maximum Gasteiger partial charge on any atom is 0.266 e. The third kappa shape index (κ3) is 3.71. The van der Waals surface area contributed by atoms with Gasteiger partial charge in [-0.1, -0.05) is 0 Å². The van der Waals surface area contributed by atoms with Gasteiger partial charge in [0.2, 0.25) is 5.43 Å². The zero-order valence-electron chi connectivity index (χ0n) is 20.5. The highest BCUT2D eigenvalue weighted by Crippen LogP contribution is 2.59. The topological polar surface area (TPSA) is 67.2 Å². The first kappa shape index (κ1) is 23.7. The minimum absolute atomic E-state index is 0.00257. The van der Waals surface area contributed by atoms with Gasteiger partial charge in [-0.25, -0.2) is 22.5 Å². The van der Waals surface area contributed by atoms with Gasteiger partial charge in [0.15, 0.2) is 5.65 Å². The van der Waals surface area contributed by atoms with E-state index in [9.17, 15) is 27.2 Å². The molecule has 2 unspecified atom stereocenters. The lowest BCUT2D eigenvalue weighted by Gasteiger charge is -2.39. The predicted molar refractivity (Wildman–Crippen MR) is 133 cm³/mol. The molecule has 4 saturated carbocycles. The summed E-state index contributed by atoms with van der Waals surface area (Å²) in [6, 6.07) is 5.87. The molecule has 8 rings (SSSR count). The first-order chi connectivity index (χ1) is 18.1. The van der Waals surface area contributed by atoms with Crippen molar-refractivity contribution in [2.24, 2.45) is 17.8 Å². The summed E-state index contributed by atoms with van der Waals surface area (Å²) in [6.45, 7) is -0.446. The smallest absolute Gasteiger partial charge is 0.266 e. The van der Waals surface area contributed by atoms with Gasteiger partial charge in [0, 0.05) is 30.8 Å². The van der Waals surface area contributed by atoms with Crippen LogP contribution in [0.2, 0.25) is 0 Å². The van der Waals surface area contributed by atoms with Gasteiger partial charge in [-0.15, -0.1) is 0 Å². The number of nitrogens with zero attached hydrogens (tertiary/aromatic N) is 3. The van der Waals surface area contributed by atoms with Crippen LogP contribution in [0.25, 0.3) is 16.7 Å². The van der Waals surface area contributed by atoms with Crippen LogP contribution in [0, 0.1) is 29.4 Å². The third-order valence-corrected chi connectivity index (χ3v) is 9.05. The van der Waals surface area contributed by atoms with Gasteiger partial charge in [-0.2, -0.15) is 0 Å². The second-order valence-electron chi connectivity index (χ2n) is 11.6. The van der Waals surface area contributed by atoms with E-state index in [2.05, 4.69) is 10.3 Å². The molecule has 1 aliphatic heterocycles. The molecule has 4 aliphatic carbocycles. The lowest BCUT2D eigenvalue weighted by atomic mass is 9.75. The average Bonchev–Trinajstić information content (AvgIpc) is 3.44. The minimum atomic E-state index is -2.86. The van der Waals surface area contributed by atoms with Crippen LogP contribution in [0.5, 0.6) is 0 Å². The maximum absolute atomic E-state index is 15.0. The Bertz CT molecular complexity index is 1530. The van der Waals surface area contributed by atoms with Gasteiger partial charge in [0.1, 0.15) is 23.0 Å². The highest BCUT2D eigenvalue weighted by molar-refractivity contribution is 5.98. The van der Waals surface area contributed by atoms with E-state index in [1.807, 2.05) is 0 Å². The second kappa shape index (κ2) is 8.04. The number of hydrogen-bond acceptors (Lipinski definition) is 4. The maximum atomic E-state index is 15.0. The zero-order valence-corrected chi connectivity index (χ0v) is 20.5. The van der Waals surface area contributed by atoms with E-state index in [0.29, 0.717) is 23.8 Å². The number of anilines is 1. The van der Waals surface area contributed by atoms with Crippen molar-refractivity contribution >= 4 is 22.8 Å². The number of hydrogen-bond donors (Lipinski definition) is 1. The number of carbonyl (C=O) groups is 1. The first-order valence-electron chi connectivity index (χ1n) is 13.1. The van der Waals surface area contributed by atoms with Crippen molar-refractivity contribution in [3.05, 3.63) is 63.9 Å². The summed E-state index contributed by atoms with van der Waals surface area (Å²) in [6.07, 6.45) is 6.01. The van der Waals surface area contributed by atoms with Crippen LogP contribution in [-0.2, 0) is 0 Å². The van der Waals surface area contributed by atoms with Crippen molar-refractivity contribution < 1.29 is 22.4 Å². The van der Waals surface area contributed by atoms with Gasteiger partial charge >= 0.3 is 0 Å². The molecule has 0 spiro atoms. The molecule has 3 heterocycles. The highest BCUT2D eigenvalue weighted by Gasteiger charge is 2.56. The Morgan fingerprint density at radius 1 is 1.05 bits per heavy atom. The number of halogens is 4. The monoisotopic (exact) mass is 526 g/mol. The van der Waals surface area contributed by atoms with E-state index in [4.69, 9.17) is 0 Å². The molecule has 10 heteroatoms. The van der Waals surface area contributed by atoms with Gasteiger partial charge < -0.3 is 10.2 Å². The van der Waals surface area contributed by atoms with E-state index in [1.165, 1.54) is 46.7 Å². The third-order valence-electron chi connectivity index (χ3n) is 9.05. The normalized spacial score (nSPS) is 28.9. The quantitative estimate of drug-likeness (QED) is 0.496. The molecule has 1 amide bonds. The van der Waals surface area contributed by atoms with Crippen LogP contribution in [-0.4, -0.2) is 40.0 Å². The summed E-state index contributed by atoms with van der Waals surface area (Å²) in [4.78, 5) is 33.0. The second-order valence-corrected chi connectivity index (χ2v) is 11.6. The van der Waals surface area contributed by atoms with Crippen LogP contribution in [0.15, 0.2) is 41.3 Å². The zero-order chi connectivity index (χ0) is 26.4. The summed E-state index contributed by atoms with van der Waals surface area (Å²) < 4.78 is 57.6. The Morgan fingerprint density at radius 3 is 2.47 bits per heavy atom. The Balaban J connectivity index is 1.34. The molecule has 4 bridgehead atoms. The molecule has 5 aliphatic rings. The van der Waals surface area contributed by atoms with Crippen LogP contribution < -0.4 is 15.6 Å². The van der Waals surface area contributed by atoms with E-state index in [1.54, 1.807) is 0 Å². The highest BCUT2D eigenvalue weighted by atomic mass is 19.3. The van der Waals surface area contributed by atoms with E-state index in [-0.39, 0.29) is 46.6 Å². The van der Waals surface area contributed by atoms with Gasteiger partial charge in [0.05, 0.1) is 17.6 Å². The molecule has 3 aromatic rings. The number of amides is 1. The van der Waals surface area contributed by atoms with E-state index < -0.39 is 35.4 Å². The van der Waals surface area contributed by atoms with Gasteiger partial charge in [-0.3, -0.25) is 14.2 Å². The number of carbonyl (C=O) groups excluding carboxylic acids is 1. The molecule has 0 radical (unpaired) electrons. The van der Waals surface area contributed by atoms with Crippen molar-refractivity contribution in [3.63, 3.8) is 0 Å². The van der Waals surface area contributed by atoms with Crippen LogP contribution >= 0.6 is 0 Å². The van der Waals surface area contributed by atoms with E-state index in [0.717, 1.165) is 25.3 Å². The number of pyridine rings is 2. The molecule has 1 N–H and O–H groups in total. The van der Waals surface area contributed by atoms with Crippen molar-refractivity contribution in [2.45, 2.75) is 50.0 Å². The number of benzene rings is 1. The SMILES string of the molecule is O=C(NC12CC3CC(C1)C(C3)C2)c1cn(-c2ccc(F)cc2F)c2nc(N3CCC(F)(F)C3)ccc2c1=O. The number of aromatic nitrogens is 2. The predicted octanol–water partition coefficient (Wildman–Crippen LogP) is 4.82. The molecule has 6 nitrogen and oxygen atoms in total. The summed E-state index contributed by atoms with van der Waals surface area (Å²) in [5.41, 5.74) is -1.18.